The number of rotatable bonds is 5. The molecule has 1 saturated carbocycles. The molecule has 5 heteroatoms. The fourth-order valence-electron chi connectivity index (χ4n) is 4.23. The number of imidazole rings is 1. The Morgan fingerprint density at radius 1 is 1.18 bits per heavy atom. The molecule has 0 aromatic carbocycles. The van der Waals surface area contributed by atoms with Crippen LogP contribution in [0.25, 0.3) is 0 Å². The van der Waals surface area contributed by atoms with Crippen LogP contribution in [-0.2, 0) is 0 Å². The van der Waals surface area contributed by atoms with Crippen LogP contribution < -0.4 is 5.32 Å². The van der Waals surface area contributed by atoms with Crippen LogP contribution in [0.3, 0.4) is 0 Å². The van der Waals surface area contributed by atoms with Gasteiger partial charge in [0.15, 0.2) is 0 Å². The minimum Gasteiger partial charge on any atom is -0.346 e. The quantitative estimate of drug-likeness (QED) is 0.871. The second-order valence-electron chi connectivity index (χ2n) is 6.92. The van der Waals surface area contributed by atoms with E-state index in [1.165, 1.54) is 50.2 Å². The van der Waals surface area contributed by atoms with Gasteiger partial charge in [0.25, 0.3) is 0 Å². The molecule has 1 aromatic rings. The summed E-state index contributed by atoms with van der Waals surface area (Å²) in [5.74, 6) is 1.03. The maximum atomic E-state index is 4.75. The summed E-state index contributed by atoms with van der Waals surface area (Å²) in [5, 5.41) is 3.36. The van der Waals surface area contributed by atoms with Crippen molar-refractivity contribution in [1.29, 1.82) is 0 Å². The highest BCUT2D eigenvalue weighted by Gasteiger charge is 2.30. The first kappa shape index (κ1) is 16.0. The van der Waals surface area contributed by atoms with Crippen molar-refractivity contribution < 1.29 is 0 Å². The summed E-state index contributed by atoms with van der Waals surface area (Å²) in [5.41, 5.74) is 2.44. The molecule has 0 radical (unpaired) electrons. The van der Waals surface area contributed by atoms with E-state index in [9.17, 15) is 0 Å². The summed E-state index contributed by atoms with van der Waals surface area (Å²) in [4.78, 5) is 13.5. The Bertz CT molecular complexity index is 469. The van der Waals surface area contributed by atoms with E-state index < -0.39 is 0 Å². The second kappa shape index (κ2) is 7.11. The zero-order chi connectivity index (χ0) is 15.5. The largest absolute Gasteiger partial charge is 0.346 e. The molecule has 2 heterocycles. The number of H-pyrrole nitrogens is 1. The smallest absolute Gasteiger partial charge is 0.103 e. The van der Waals surface area contributed by atoms with Gasteiger partial charge in [-0.15, -0.1) is 0 Å². The molecule has 1 atom stereocenters. The van der Waals surface area contributed by atoms with E-state index in [4.69, 9.17) is 4.98 Å². The van der Waals surface area contributed by atoms with Crippen LogP contribution in [0.2, 0.25) is 0 Å². The molecule has 124 valence electrons. The number of nitrogens with zero attached hydrogens (tertiary/aromatic N) is 3. The Labute approximate surface area is 134 Å². The van der Waals surface area contributed by atoms with Crippen molar-refractivity contribution in [1.82, 2.24) is 25.1 Å². The molecule has 2 N–H and O–H groups in total. The minimum atomic E-state index is 0.390. The first-order valence-corrected chi connectivity index (χ1v) is 8.85. The molecule has 2 aliphatic rings. The Balaban J connectivity index is 1.64. The van der Waals surface area contributed by atoms with Gasteiger partial charge in [0.05, 0.1) is 11.7 Å². The standard InChI is InChI=1S/C17H31N5/c1-13-17(20-14(2)19-13)16(12-18-3)22-10-8-21(9-11-22)15-6-4-5-7-15/h15-16,18H,4-12H2,1-3H3,(H,19,20). The summed E-state index contributed by atoms with van der Waals surface area (Å²) < 4.78 is 0. The zero-order valence-electron chi connectivity index (χ0n) is 14.4. The molecule has 5 nitrogen and oxygen atoms in total. The summed E-state index contributed by atoms with van der Waals surface area (Å²) in [6.45, 7) is 9.91. The number of likely N-dealkylation sites (N-methyl/N-ethyl adjacent to an activating group) is 1. The van der Waals surface area contributed by atoms with Gasteiger partial charge in [-0.05, 0) is 33.7 Å². The molecule has 0 amide bonds. The van der Waals surface area contributed by atoms with Gasteiger partial charge in [-0.25, -0.2) is 4.98 Å². The predicted octanol–water partition coefficient (Wildman–Crippen LogP) is 1.85. The molecule has 0 spiro atoms. The van der Waals surface area contributed by atoms with Gasteiger partial charge in [0.2, 0.25) is 0 Å². The molecule has 1 aliphatic heterocycles. The lowest BCUT2D eigenvalue weighted by Gasteiger charge is -2.41. The van der Waals surface area contributed by atoms with Crippen molar-refractivity contribution in [3.8, 4) is 0 Å². The van der Waals surface area contributed by atoms with Crippen LogP contribution >= 0.6 is 0 Å². The third-order valence-corrected chi connectivity index (χ3v) is 5.38. The van der Waals surface area contributed by atoms with Gasteiger partial charge < -0.3 is 10.3 Å². The molecule has 1 aliphatic carbocycles. The monoisotopic (exact) mass is 305 g/mol. The number of nitrogens with one attached hydrogen (secondary N) is 2. The Kier molecular flexibility index (Phi) is 5.16. The summed E-state index contributed by atoms with van der Waals surface area (Å²) in [7, 11) is 2.04. The lowest BCUT2D eigenvalue weighted by atomic mass is 10.1. The number of hydrogen-bond acceptors (Lipinski definition) is 4. The van der Waals surface area contributed by atoms with Crippen molar-refractivity contribution in [3.63, 3.8) is 0 Å². The topological polar surface area (TPSA) is 47.2 Å². The molecular weight excluding hydrogens is 274 g/mol. The molecule has 1 saturated heterocycles. The van der Waals surface area contributed by atoms with Crippen LogP contribution in [0, 0.1) is 13.8 Å². The molecule has 1 aromatic heterocycles. The maximum absolute atomic E-state index is 4.75. The van der Waals surface area contributed by atoms with Crippen molar-refractivity contribution in [2.24, 2.45) is 0 Å². The third kappa shape index (κ3) is 3.36. The van der Waals surface area contributed by atoms with Gasteiger partial charge in [0.1, 0.15) is 5.82 Å². The molecule has 1 unspecified atom stereocenters. The first-order valence-electron chi connectivity index (χ1n) is 8.85. The minimum absolute atomic E-state index is 0.390. The number of hydrogen-bond donors (Lipinski definition) is 2. The summed E-state index contributed by atoms with van der Waals surface area (Å²) in [6, 6.07) is 1.25. The van der Waals surface area contributed by atoms with Crippen LogP contribution in [0.5, 0.6) is 0 Å². The SMILES string of the molecule is CNCC(c1nc(C)[nH]c1C)N1CCN(C2CCCC2)CC1. The second-order valence-corrected chi connectivity index (χ2v) is 6.92. The van der Waals surface area contributed by atoms with Crippen LogP contribution in [0.1, 0.15) is 48.9 Å². The van der Waals surface area contributed by atoms with E-state index in [0.717, 1.165) is 31.5 Å². The van der Waals surface area contributed by atoms with Crippen LogP contribution in [0.4, 0.5) is 0 Å². The Hall–Kier alpha value is -0.910. The third-order valence-electron chi connectivity index (χ3n) is 5.38. The lowest BCUT2D eigenvalue weighted by molar-refractivity contribution is 0.0689. The number of aromatic nitrogens is 2. The first-order chi connectivity index (χ1) is 10.7. The number of aryl methyl sites for hydroxylation is 2. The van der Waals surface area contributed by atoms with Crippen LogP contribution in [0.15, 0.2) is 0 Å². The Morgan fingerprint density at radius 3 is 2.41 bits per heavy atom. The fourth-order valence-corrected chi connectivity index (χ4v) is 4.23. The van der Waals surface area contributed by atoms with Gasteiger partial charge in [-0.2, -0.15) is 0 Å². The van der Waals surface area contributed by atoms with Crippen molar-refractivity contribution >= 4 is 0 Å². The maximum Gasteiger partial charge on any atom is 0.103 e. The normalized spacial score (nSPS) is 23.2. The molecule has 2 fully saturated rings. The molecule has 3 rings (SSSR count). The summed E-state index contributed by atoms with van der Waals surface area (Å²) in [6.07, 6.45) is 5.69. The molecule has 22 heavy (non-hydrogen) atoms. The highest BCUT2D eigenvalue weighted by atomic mass is 15.3. The van der Waals surface area contributed by atoms with E-state index in [1.54, 1.807) is 0 Å². The van der Waals surface area contributed by atoms with Gasteiger partial charge in [-0.1, -0.05) is 12.8 Å². The van der Waals surface area contributed by atoms with E-state index in [-0.39, 0.29) is 0 Å². The van der Waals surface area contributed by atoms with E-state index in [2.05, 4.69) is 27.0 Å². The van der Waals surface area contributed by atoms with Crippen molar-refractivity contribution in [2.45, 2.75) is 51.6 Å². The van der Waals surface area contributed by atoms with Crippen LogP contribution in [-0.4, -0.2) is 65.6 Å². The number of aromatic amines is 1. The zero-order valence-corrected chi connectivity index (χ0v) is 14.4. The van der Waals surface area contributed by atoms with E-state index >= 15 is 0 Å². The highest BCUT2D eigenvalue weighted by Crippen LogP contribution is 2.27. The van der Waals surface area contributed by atoms with E-state index in [0.29, 0.717) is 6.04 Å². The predicted molar refractivity (Wildman–Crippen MR) is 90.1 cm³/mol. The Morgan fingerprint density at radius 2 is 1.86 bits per heavy atom. The van der Waals surface area contributed by atoms with Crippen molar-refractivity contribution in [3.05, 3.63) is 17.2 Å². The molecular formula is C17H31N5. The fraction of sp³-hybridized carbons (Fsp3) is 0.824. The van der Waals surface area contributed by atoms with Gasteiger partial charge in [-0.3, -0.25) is 9.80 Å². The van der Waals surface area contributed by atoms with E-state index in [1.807, 2.05) is 14.0 Å². The van der Waals surface area contributed by atoms with Gasteiger partial charge in [0, 0.05) is 44.5 Å². The number of piperazine rings is 1. The van der Waals surface area contributed by atoms with Crippen molar-refractivity contribution in [2.75, 3.05) is 39.8 Å². The average Bonchev–Trinajstić information content (AvgIpc) is 3.15. The van der Waals surface area contributed by atoms with Gasteiger partial charge >= 0.3 is 0 Å². The highest BCUT2D eigenvalue weighted by molar-refractivity contribution is 5.18. The lowest BCUT2D eigenvalue weighted by Crippen LogP contribution is -2.51. The molecule has 0 bridgehead atoms. The summed E-state index contributed by atoms with van der Waals surface area (Å²) >= 11 is 0. The average molecular weight is 305 g/mol.